The molecule has 0 aromatic heterocycles. The first-order valence-electron chi connectivity index (χ1n) is 15.7. The summed E-state index contributed by atoms with van der Waals surface area (Å²) in [4.78, 5) is 0. The highest BCUT2D eigenvalue weighted by atomic mass is 14.3. The van der Waals surface area contributed by atoms with Crippen LogP contribution in [0.25, 0.3) is 11.6 Å². The lowest BCUT2D eigenvalue weighted by molar-refractivity contribution is 0.793. The van der Waals surface area contributed by atoms with Gasteiger partial charge < -0.3 is 0 Å². The second-order valence-corrected chi connectivity index (χ2v) is 6.54. The van der Waals surface area contributed by atoms with Crippen LogP contribution in [0.5, 0.6) is 0 Å². The summed E-state index contributed by atoms with van der Waals surface area (Å²) in [5.74, 6) is -7.67. The summed E-state index contributed by atoms with van der Waals surface area (Å²) in [6.07, 6.45) is 1.78. The molecule has 0 nitrogen and oxygen atoms in total. The van der Waals surface area contributed by atoms with Crippen molar-refractivity contribution in [2.75, 3.05) is 0 Å². The van der Waals surface area contributed by atoms with Gasteiger partial charge in [0.15, 0.2) is 0 Å². The number of hydrogen-bond acceptors (Lipinski definition) is 0. The molecule has 0 N–H and O–H groups in total. The molecule has 1 aliphatic rings. The third-order valence-electron chi connectivity index (χ3n) is 4.97. The van der Waals surface area contributed by atoms with Crippen LogP contribution >= 0.6 is 0 Å². The first-order chi connectivity index (χ1) is 18.7. The zero-order valence-electron chi connectivity index (χ0n) is 28.6. The molecule has 3 aromatic rings. The fraction of sp³-hybridized carbons (Fsp3) is 0.259. The normalized spacial score (nSPS) is 26.2. The summed E-state index contributed by atoms with van der Waals surface area (Å²) in [6.45, 7) is -13.8. The molecule has 0 saturated carbocycles. The number of rotatable bonds is 4. The smallest absolute Gasteiger partial charge is 0.0357 e. The quantitative estimate of drug-likeness (QED) is 0.445. The Labute approximate surface area is 183 Å². The Bertz CT molecular complexity index is 1370. The molecular weight excluding hydrogens is 324 g/mol. The lowest BCUT2D eigenvalue weighted by Gasteiger charge is -2.27. The van der Waals surface area contributed by atoms with E-state index in [-0.39, 0.29) is 5.56 Å². The largest absolute Gasteiger partial charge is 0.0622 e. The van der Waals surface area contributed by atoms with E-state index in [1.54, 1.807) is 60.7 Å². The van der Waals surface area contributed by atoms with Gasteiger partial charge in [0.2, 0.25) is 0 Å². The van der Waals surface area contributed by atoms with Crippen molar-refractivity contribution in [3.8, 4) is 0 Å². The van der Waals surface area contributed by atoms with Crippen molar-refractivity contribution < 1.29 is 19.2 Å². The minimum Gasteiger partial charge on any atom is -0.0622 e. The molecule has 0 heterocycles. The minimum atomic E-state index is -3.45. The summed E-state index contributed by atoms with van der Waals surface area (Å²) >= 11 is 0. The Kier molecular flexibility index (Phi) is 2.08. The van der Waals surface area contributed by atoms with Crippen LogP contribution in [0.2, 0.25) is 0 Å². The molecule has 0 bridgehead atoms. The predicted octanol–water partition coefficient (Wildman–Crippen LogP) is 7.62. The molecule has 0 amide bonds. The average Bonchev–Trinajstić information content (AvgIpc) is 3.24. The molecule has 1 unspecified atom stereocenters. The van der Waals surface area contributed by atoms with Gasteiger partial charge in [-0.15, -0.1) is 0 Å². The van der Waals surface area contributed by atoms with Crippen LogP contribution in [0.3, 0.4) is 0 Å². The van der Waals surface area contributed by atoms with Gasteiger partial charge in [0, 0.05) is 25.1 Å². The van der Waals surface area contributed by atoms with E-state index in [2.05, 4.69) is 0 Å². The molecule has 0 heteroatoms. The Morgan fingerprint density at radius 3 is 2.04 bits per heavy atom. The van der Waals surface area contributed by atoms with Crippen molar-refractivity contribution >= 4 is 11.6 Å². The van der Waals surface area contributed by atoms with Crippen LogP contribution in [-0.4, -0.2) is 0 Å². The maximum atomic E-state index is 9.05. The molecule has 4 rings (SSSR count). The van der Waals surface area contributed by atoms with Crippen molar-refractivity contribution in [1.29, 1.82) is 0 Å². The van der Waals surface area contributed by atoms with Crippen LogP contribution < -0.4 is 0 Å². The van der Waals surface area contributed by atoms with E-state index < -0.39 is 56.2 Å². The van der Waals surface area contributed by atoms with Gasteiger partial charge in [-0.25, -0.2) is 0 Å². The maximum absolute atomic E-state index is 9.05. The van der Waals surface area contributed by atoms with Crippen LogP contribution in [0.15, 0.2) is 72.8 Å². The molecule has 0 radical (unpaired) electrons. The molecule has 1 aliphatic carbocycles. The summed E-state index contributed by atoms with van der Waals surface area (Å²) in [6, 6.07) is 19.1. The molecule has 1 atom stereocenters. The van der Waals surface area contributed by atoms with Gasteiger partial charge in [-0.2, -0.15) is 0 Å². The van der Waals surface area contributed by atoms with E-state index in [1.807, 2.05) is 0 Å². The van der Waals surface area contributed by atoms with Crippen molar-refractivity contribution in [2.24, 2.45) is 0 Å². The van der Waals surface area contributed by atoms with Crippen molar-refractivity contribution in [3.05, 3.63) is 106 Å². The SMILES string of the molecule is [2H]C([2H])([2H])C([2H])(c1cccc(C([2H])(C([2H])([2H])[2H])C([2H])([2H])[2H])c1C1C(c2ccccc2)=Cc2ccccc21)C([2H])([2H])[2H]. The molecule has 136 valence electrons. The number of allylic oxidation sites excluding steroid dienone is 1. The van der Waals surface area contributed by atoms with E-state index in [0.29, 0.717) is 22.3 Å². The second kappa shape index (κ2) is 7.19. The highest BCUT2D eigenvalue weighted by Gasteiger charge is 2.31. The Morgan fingerprint density at radius 2 is 1.37 bits per heavy atom. The lowest BCUT2D eigenvalue weighted by Crippen LogP contribution is -2.10. The zero-order chi connectivity index (χ0) is 30.8. The first kappa shape index (κ1) is 7.80. The van der Waals surface area contributed by atoms with Crippen molar-refractivity contribution in [2.45, 2.75) is 45.1 Å². The zero-order valence-corrected chi connectivity index (χ0v) is 14.6. The fourth-order valence-electron chi connectivity index (χ4n) is 3.83. The van der Waals surface area contributed by atoms with Crippen LogP contribution in [0.1, 0.15) is 97.7 Å². The Morgan fingerprint density at radius 1 is 0.741 bits per heavy atom. The summed E-state index contributed by atoms with van der Waals surface area (Å²) in [5, 5.41) is 0. The molecular formula is C27H28. The molecule has 0 saturated heterocycles. The second-order valence-electron chi connectivity index (χ2n) is 6.54. The summed E-state index contributed by atoms with van der Waals surface area (Å²) in [7, 11) is 0. The predicted molar refractivity (Wildman–Crippen MR) is 117 cm³/mol. The summed E-state index contributed by atoms with van der Waals surface area (Å²) < 4.78 is 116. The van der Waals surface area contributed by atoms with E-state index in [4.69, 9.17) is 19.2 Å². The number of hydrogen-bond donors (Lipinski definition) is 0. The average molecular weight is 367 g/mol. The van der Waals surface area contributed by atoms with Crippen LogP contribution in [0, 0.1) is 0 Å². The molecule has 0 aliphatic heterocycles. The third kappa shape index (κ3) is 3.14. The first-order valence-corrected chi connectivity index (χ1v) is 8.68. The van der Waals surface area contributed by atoms with E-state index >= 15 is 0 Å². The highest BCUT2D eigenvalue weighted by Crippen LogP contribution is 2.49. The van der Waals surface area contributed by atoms with Crippen LogP contribution in [0.4, 0.5) is 0 Å². The monoisotopic (exact) mass is 366 g/mol. The third-order valence-corrected chi connectivity index (χ3v) is 4.97. The van der Waals surface area contributed by atoms with Crippen molar-refractivity contribution in [3.63, 3.8) is 0 Å². The molecule has 3 aromatic carbocycles. The standard InChI is InChI=1S/C27H28/c1-18(2)22-15-10-16-23(19(3)4)26(22)27-24-14-9-8-13-21(24)17-25(27)20-11-6-5-7-12-20/h5-19,27H,1-4H3/i1D3,2D3,3D3,4D3,18D,19D. The van der Waals surface area contributed by atoms with E-state index in [9.17, 15) is 0 Å². The fourth-order valence-corrected chi connectivity index (χ4v) is 3.83. The molecule has 27 heavy (non-hydrogen) atoms. The minimum absolute atomic E-state index is 0.294. The van der Waals surface area contributed by atoms with Gasteiger partial charge in [-0.1, -0.05) is 100 Å². The highest BCUT2D eigenvalue weighted by molar-refractivity contribution is 5.94. The van der Waals surface area contributed by atoms with Crippen molar-refractivity contribution in [1.82, 2.24) is 0 Å². The summed E-state index contributed by atoms with van der Waals surface area (Å²) in [5.41, 5.74) is 0.874. The number of fused-ring (bicyclic) bond motifs is 1. The van der Waals surface area contributed by atoms with E-state index in [1.165, 1.54) is 0 Å². The van der Waals surface area contributed by atoms with Gasteiger partial charge >= 0.3 is 0 Å². The van der Waals surface area contributed by atoms with Gasteiger partial charge in [0.05, 0.1) is 0 Å². The number of benzene rings is 3. The topological polar surface area (TPSA) is 0 Å². The van der Waals surface area contributed by atoms with Gasteiger partial charge in [0.1, 0.15) is 0 Å². The lowest BCUT2D eigenvalue weighted by atomic mass is 9.76. The van der Waals surface area contributed by atoms with Gasteiger partial charge in [0.25, 0.3) is 0 Å². The van der Waals surface area contributed by atoms with Crippen LogP contribution in [-0.2, 0) is 0 Å². The maximum Gasteiger partial charge on any atom is 0.0357 e. The van der Waals surface area contributed by atoms with E-state index in [0.717, 1.165) is 18.2 Å². The Balaban J connectivity index is 2.26. The van der Waals surface area contributed by atoms with Gasteiger partial charge in [-0.3, -0.25) is 0 Å². The van der Waals surface area contributed by atoms with Gasteiger partial charge in [-0.05, 0) is 56.8 Å². The Hall–Kier alpha value is -2.60. The molecule has 0 spiro atoms. The molecule has 0 fully saturated rings.